The number of hydrogen-bond acceptors (Lipinski definition) is 1. The van der Waals surface area contributed by atoms with E-state index in [2.05, 4.69) is 38.2 Å². The molecule has 2 aromatic rings. The summed E-state index contributed by atoms with van der Waals surface area (Å²) in [6.45, 7) is 8.22. The molecule has 0 heterocycles. The van der Waals surface area contributed by atoms with Gasteiger partial charge in [0.05, 0.1) is 0 Å². The molecule has 0 bridgehead atoms. The largest absolute Gasteiger partial charge is 0.322 e. The summed E-state index contributed by atoms with van der Waals surface area (Å²) >= 11 is 0. The quantitative estimate of drug-likeness (QED) is 0.819. The van der Waals surface area contributed by atoms with Gasteiger partial charge in [0.15, 0.2) is 0 Å². The molecule has 0 fully saturated rings. The predicted octanol–water partition coefficient (Wildman–Crippen LogP) is 4.57. The van der Waals surface area contributed by atoms with Crippen molar-refractivity contribution >= 4 is 17.7 Å². The van der Waals surface area contributed by atoms with Crippen LogP contribution in [0, 0.1) is 27.7 Å². The molecule has 0 aromatic heterocycles. The van der Waals surface area contributed by atoms with Crippen LogP contribution in [0.3, 0.4) is 0 Å². The molecule has 0 saturated heterocycles. The number of rotatable bonds is 3. The molecule has 108 valence electrons. The summed E-state index contributed by atoms with van der Waals surface area (Å²) in [6.07, 6.45) is 3.46. The second-order valence-corrected chi connectivity index (χ2v) is 5.43. The molecule has 0 spiro atoms. The van der Waals surface area contributed by atoms with Gasteiger partial charge in [0, 0.05) is 11.8 Å². The highest BCUT2D eigenvalue weighted by molar-refractivity contribution is 6.02. The van der Waals surface area contributed by atoms with Gasteiger partial charge in [-0.15, -0.1) is 0 Å². The second kappa shape index (κ2) is 6.40. The molecule has 2 nitrogen and oxygen atoms in total. The number of amides is 1. The van der Waals surface area contributed by atoms with E-state index < -0.39 is 0 Å². The summed E-state index contributed by atoms with van der Waals surface area (Å²) in [5, 5.41) is 2.90. The van der Waals surface area contributed by atoms with Crippen molar-refractivity contribution in [3.05, 3.63) is 70.3 Å². The fourth-order valence-electron chi connectivity index (χ4n) is 2.22. The van der Waals surface area contributed by atoms with Crippen molar-refractivity contribution in [2.75, 3.05) is 5.32 Å². The number of para-hydroxylation sites is 1. The number of hydrogen-bond donors (Lipinski definition) is 1. The second-order valence-electron chi connectivity index (χ2n) is 5.43. The molecule has 0 aliphatic heterocycles. The molecule has 0 aliphatic carbocycles. The molecular weight excluding hydrogens is 258 g/mol. The van der Waals surface area contributed by atoms with E-state index in [1.54, 1.807) is 6.08 Å². The summed E-state index contributed by atoms with van der Waals surface area (Å²) in [4.78, 5) is 12.0. The zero-order valence-electron chi connectivity index (χ0n) is 13.0. The normalized spacial score (nSPS) is 10.9. The SMILES string of the molecule is Cc1cc(C)c(/C=C/C(=O)Nc2ccccc2C)cc1C. The smallest absolute Gasteiger partial charge is 0.248 e. The lowest BCUT2D eigenvalue weighted by atomic mass is 10.0. The number of nitrogens with one attached hydrogen (secondary N) is 1. The number of carbonyl (C=O) groups is 1. The van der Waals surface area contributed by atoms with Crippen LogP contribution in [0.2, 0.25) is 0 Å². The standard InChI is InChI=1S/C19H21NO/c1-13-7-5-6-8-18(13)20-19(21)10-9-17-12-15(3)14(2)11-16(17)4/h5-12H,1-4H3,(H,20,21)/b10-9+. The lowest BCUT2D eigenvalue weighted by Crippen LogP contribution is -2.08. The van der Waals surface area contributed by atoms with Crippen LogP contribution >= 0.6 is 0 Å². The maximum Gasteiger partial charge on any atom is 0.248 e. The van der Waals surface area contributed by atoms with Gasteiger partial charge in [-0.05, 0) is 67.7 Å². The van der Waals surface area contributed by atoms with Crippen LogP contribution in [-0.2, 0) is 4.79 Å². The molecule has 0 atom stereocenters. The molecule has 21 heavy (non-hydrogen) atoms. The van der Waals surface area contributed by atoms with E-state index in [4.69, 9.17) is 0 Å². The fourth-order valence-corrected chi connectivity index (χ4v) is 2.22. The third-order valence-electron chi connectivity index (χ3n) is 3.70. The van der Waals surface area contributed by atoms with E-state index in [-0.39, 0.29) is 5.91 Å². The van der Waals surface area contributed by atoms with E-state index in [0.29, 0.717) is 0 Å². The van der Waals surface area contributed by atoms with Crippen LogP contribution in [0.5, 0.6) is 0 Å². The van der Waals surface area contributed by atoms with Gasteiger partial charge in [0.25, 0.3) is 0 Å². The average molecular weight is 279 g/mol. The van der Waals surface area contributed by atoms with Crippen molar-refractivity contribution in [1.29, 1.82) is 0 Å². The Kier molecular flexibility index (Phi) is 4.59. The van der Waals surface area contributed by atoms with Gasteiger partial charge in [-0.25, -0.2) is 0 Å². The summed E-state index contributed by atoms with van der Waals surface area (Å²) in [6, 6.07) is 12.0. The Hall–Kier alpha value is -2.35. The third-order valence-corrected chi connectivity index (χ3v) is 3.70. The van der Waals surface area contributed by atoms with Crippen LogP contribution in [0.4, 0.5) is 5.69 Å². The van der Waals surface area contributed by atoms with Gasteiger partial charge in [0.1, 0.15) is 0 Å². The molecule has 1 N–H and O–H groups in total. The Bertz CT molecular complexity index is 699. The van der Waals surface area contributed by atoms with Gasteiger partial charge in [-0.2, -0.15) is 0 Å². The van der Waals surface area contributed by atoms with Crippen LogP contribution in [0.25, 0.3) is 6.08 Å². The van der Waals surface area contributed by atoms with Gasteiger partial charge >= 0.3 is 0 Å². The number of benzene rings is 2. The first-order valence-corrected chi connectivity index (χ1v) is 7.10. The van der Waals surface area contributed by atoms with Gasteiger partial charge in [-0.1, -0.05) is 30.3 Å². The summed E-state index contributed by atoms with van der Waals surface area (Å²) in [5.41, 5.74) is 6.68. The monoisotopic (exact) mass is 279 g/mol. The minimum atomic E-state index is -0.109. The lowest BCUT2D eigenvalue weighted by Gasteiger charge is -2.07. The Labute approximate surface area is 126 Å². The van der Waals surface area contributed by atoms with Crippen molar-refractivity contribution in [3.8, 4) is 0 Å². The Morgan fingerprint density at radius 2 is 1.57 bits per heavy atom. The molecule has 2 aromatic carbocycles. The Balaban J connectivity index is 2.13. The molecule has 2 rings (SSSR count). The highest BCUT2D eigenvalue weighted by Crippen LogP contribution is 2.17. The number of anilines is 1. The topological polar surface area (TPSA) is 29.1 Å². The van der Waals surface area contributed by atoms with E-state index >= 15 is 0 Å². The zero-order chi connectivity index (χ0) is 15.4. The van der Waals surface area contributed by atoms with Crippen molar-refractivity contribution < 1.29 is 4.79 Å². The van der Waals surface area contributed by atoms with Crippen LogP contribution in [0.1, 0.15) is 27.8 Å². The van der Waals surface area contributed by atoms with Gasteiger partial charge in [0.2, 0.25) is 5.91 Å². The van der Waals surface area contributed by atoms with Crippen LogP contribution in [0.15, 0.2) is 42.5 Å². The first-order chi connectivity index (χ1) is 9.97. The summed E-state index contributed by atoms with van der Waals surface area (Å²) in [5.74, 6) is -0.109. The van der Waals surface area contributed by atoms with E-state index in [0.717, 1.165) is 16.8 Å². The van der Waals surface area contributed by atoms with Crippen LogP contribution in [-0.4, -0.2) is 5.91 Å². The molecule has 2 heteroatoms. The predicted molar refractivity (Wildman–Crippen MR) is 89.5 cm³/mol. The number of carbonyl (C=O) groups excluding carboxylic acids is 1. The average Bonchev–Trinajstić information content (AvgIpc) is 2.44. The fraction of sp³-hybridized carbons (Fsp3) is 0.211. The minimum absolute atomic E-state index is 0.109. The summed E-state index contributed by atoms with van der Waals surface area (Å²) in [7, 11) is 0. The first kappa shape index (κ1) is 15.0. The molecular formula is C19H21NO. The molecule has 0 radical (unpaired) electrons. The summed E-state index contributed by atoms with van der Waals surface area (Å²) < 4.78 is 0. The van der Waals surface area contributed by atoms with Gasteiger partial charge < -0.3 is 5.32 Å². The zero-order valence-corrected chi connectivity index (χ0v) is 13.0. The molecule has 1 amide bonds. The molecule has 0 aliphatic rings. The Morgan fingerprint density at radius 1 is 0.905 bits per heavy atom. The highest BCUT2D eigenvalue weighted by atomic mass is 16.1. The van der Waals surface area contributed by atoms with E-state index in [1.807, 2.05) is 37.3 Å². The van der Waals surface area contributed by atoms with Crippen molar-refractivity contribution in [3.63, 3.8) is 0 Å². The maximum atomic E-state index is 12.0. The van der Waals surface area contributed by atoms with Crippen molar-refractivity contribution in [1.82, 2.24) is 0 Å². The lowest BCUT2D eigenvalue weighted by molar-refractivity contribution is -0.111. The van der Waals surface area contributed by atoms with Crippen LogP contribution < -0.4 is 5.32 Å². The number of aryl methyl sites for hydroxylation is 4. The first-order valence-electron chi connectivity index (χ1n) is 7.10. The van der Waals surface area contributed by atoms with E-state index in [9.17, 15) is 4.79 Å². The third kappa shape index (κ3) is 3.82. The van der Waals surface area contributed by atoms with Crippen molar-refractivity contribution in [2.45, 2.75) is 27.7 Å². The minimum Gasteiger partial charge on any atom is -0.322 e. The van der Waals surface area contributed by atoms with Crippen molar-refractivity contribution in [2.24, 2.45) is 0 Å². The molecule has 0 unspecified atom stereocenters. The Morgan fingerprint density at radius 3 is 2.29 bits per heavy atom. The molecule has 0 saturated carbocycles. The van der Waals surface area contributed by atoms with E-state index in [1.165, 1.54) is 16.7 Å². The maximum absolute atomic E-state index is 12.0. The van der Waals surface area contributed by atoms with Gasteiger partial charge in [-0.3, -0.25) is 4.79 Å². The highest BCUT2D eigenvalue weighted by Gasteiger charge is 2.02.